The number of rotatable bonds is 26. The normalized spacial score (nSPS) is 31.8. The molecule has 0 aliphatic carbocycles. The monoisotopic (exact) mass is 680 g/mol. The molecule has 0 aromatic heterocycles. The Morgan fingerprint density at radius 2 is 0.957 bits per heavy atom. The molecule has 2 saturated heterocycles. The molecule has 2 rings (SSSR count). The van der Waals surface area contributed by atoms with Gasteiger partial charge in [-0.25, -0.2) is 0 Å². The quantitative estimate of drug-likeness (QED) is 0.0623. The summed E-state index contributed by atoms with van der Waals surface area (Å²) in [4.78, 5) is 0. The van der Waals surface area contributed by atoms with Crippen molar-refractivity contribution < 1.29 is 59.8 Å². The van der Waals surface area contributed by atoms with Crippen LogP contribution >= 0.6 is 0 Å². The lowest BCUT2D eigenvalue weighted by molar-refractivity contribution is -0.361. The molecule has 2 aliphatic rings. The zero-order valence-electron chi connectivity index (χ0n) is 29.0. The van der Waals surface area contributed by atoms with Gasteiger partial charge >= 0.3 is 0 Å². The molecule has 12 nitrogen and oxygen atoms in total. The number of aliphatic hydroxyl groups excluding tert-OH is 8. The molecule has 280 valence electrons. The number of hydrogen-bond acceptors (Lipinski definition) is 12. The Bertz CT molecular complexity index is 751. The summed E-state index contributed by atoms with van der Waals surface area (Å²) in [5, 5.41) is 82.8. The first-order valence-corrected chi connectivity index (χ1v) is 18.5. The number of unbranched alkanes of at least 4 members (excludes halogenated alkanes) is 14. The second-order valence-electron chi connectivity index (χ2n) is 13.9. The lowest BCUT2D eigenvalue weighted by Crippen LogP contribution is -2.64. The van der Waals surface area contributed by atoms with Gasteiger partial charge in [0, 0.05) is 5.41 Å². The number of ether oxygens (including phenoxy) is 4. The number of aliphatic hydroxyl groups is 8. The molecule has 0 radical (unpaired) electrons. The first-order valence-electron chi connectivity index (χ1n) is 18.5. The summed E-state index contributed by atoms with van der Waals surface area (Å²) in [5.41, 5.74) is -0.545. The smallest absolute Gasteiger partial charge is 0.187 e. The average Bonchev–Trinajstić information content (AvgIpc) is 3.08. The van der Waals surface area contributed by atoms with E-state index >= 15 is 0 Å². The Balaban J connectivity index is 2.00. The minimum Gasteiger partial charge on any atom is -0.396 e. The van der Waals surface area contributed by atoms with Gasteiger partial charge in [-0.2, -0.15) is 0 Å². The summed E-state index contributed by atoms with van der Waals surface area (Å²) < 4.78 is 23.0. The standard InChI is InChI=1S/C35H68O12/c1-3-5-7-9-11-13-15-17-19-35(23-38,20-18-16-14-12-10-8-6-4-2)24-44-33-31(43)29(41)32(26(22-37)46-33)47-34-30(42)28(40)27(39)25(21-36)45-34/h25-34,36-43H,3-24H2,1-2H3/t25-,26-,27-,28+,29-,30-,31+,32-,33-,34-/m0/s1. The van der Waals surface area contributed by atoms with Crippen LogP contribution in [0.5, 0.6) is 0 Å². The van der Waals surface area contributed by atoms with Crippen LogP contribution in [0.3, 0.4) is 0 Å². The molecule has 0 bridgehead atoms. The zero-order valence-corrected chi connectivity index (χ0v) is 29.0. The van der Waals surface area contributed by atoms with Crippen molar-refractivity contribution in [2.75, 3.05) is 26.4 Å². The molecular formula is C35H68O12. The van der Waals surface area contributed by atoms with Crippen molar-refractivity contribution in [3.05, 3.63) is 0 Å². The van der Waals surface area contributed by atoms with Crippen LogP contribution in [0, 0.1) is 5.41 Å². The summed E-state index contributed by atoms with van der Waals surface area (Å²) in [5.74, 6) is 0. The lowest BCUT2D eigenvalue weighted by atomic mass is 9.79. The molecule has 47 heavy (non-hydrogen) atoms. The highest BCUT2D eigenvalue weighted by Gasteiger charge is 2.51. The molecule has 2 fully saturated rings. The van der Waals surface area contributed by atoms with Gasteiger partial charge < -0.3 is 59.8 Å². The van der Waals surface area contributed by atoms with E-state index in [1.807, 2.05) is 0 Å². The predicted octanol–water partition coefficient (Wildman–Crippen LogP) is 2.67. The Kier molecular flexibility index (Phi) is 21.7. The minimum atomic E-state index is -1.73. The Labute approximate surface area is 282 Å². The third-order valence-electron chi connectivity index (χ3n) is 9.97. The van der Waals surface area contributed by atoms with E-state index in [1.54, 1.807) is 0 Å². The molecule has 2 heterocycles. The maximum atomic E-state index is 11.0. The Morgan fingerprint density at radius 1 is 0.511 bits per heavy atom. The van der Waals surface area contributed by atoms with Gasteiger partial charge in [-0.05, 0) is 12.8 Å². The predicted molar refractivity (Wildman–Crippen MR) is 176 cm³/mol. The molecule has 0 aromatic rings. The summed E-state index contributed by atoms with van der Waals surface area (Å²) in [7, 11) is 0. The Hall–Kier alpha value is -0.480. The maximum Gasteiger partial charge on any atom is 0.187 e. The molecule has 2 aliphatic heterocycles. The molecule has 0 unspecified atom stereocenters. The summed E-state index contributed by atoms with van der Waals surface area (Å²) in [6.07, 6.45) is 5.23. The number of hydrogen-bond donors (Lipinski definition) is 8. The van der Waals surface area contributed by atoms with Gasteiger partial charge in [-0.3, -0.25) is 0 Å². The zero-order chi connectivity index (χ0) is 34.7. The fourth-order valence-electron chi connectivity index (χ4n) is 6.69. The SMILES string of the molecule is CCCCCCCCCCC(CO)(CCCCCCCCCC)CO[C@H]1O[C@@H](CO)[C@H](O[C@@H]2O[C@@H](CO)[C@H](O)[C@@H](O)[C@@H]2O)[C@@H](O)[C@H]1O. The topological polar surface area (TPSA) is 199 Å². The van der Waals surface area contributed by atoms with Gasteiger partial charge in [-0.15, -0.1) is 0 Å². The van der Waals surface area contributed by atoms with Crippen molar-refractivity contribution in [1.82, 2.24) is 0 Å². The lowest BCUT2D eigenvalue weighted by Gasteiger charge is -2.46. The van der Waals surface area contributed by atoms with E-state index in [-0.39, 0.29) is 13.2 Å². The van der Waals surface area contributed by atoms with Crippen LogP contribution in [-0.4, -0.2) is 129 Å². The molecule has 0 amide bonds. The average molecular weight is 681 g/mol. The maximum absolute atomic E-state index is 11.0. The van der Waals surface area contributed by atoms with Crippen LogP contribution < -0.4 is 0 Å². The molecule has 0 aromatic carbocycles. The van der Waals surface area contributed by atoms with Crippen LogP contribution in [0.25, 0.3) is 0 Å². The molecule has 0 spiro atoms. The third kappa shape index (κ3) is 14.0. The van der Waals surface area contributed by atoms with E-state index in [2.05, 4.69) is 13.8 Å². The van der Waals surface area contributed by atoms with E-state index in [4.69, 9.17) is 18.9 Å². The molecule has 0 saturated carbocycles. The van der Waals surface area contributed by atoms with Crippen molar-refractivity contribution >= 4 is 0 Å². The highest BCUT2D eigenvalue weighted by Crippen LogP contribution is 2.35. The van der Waals surface area contributed by atoms with Gasteiger partial charge in [-0.1, -0.05) is 117 Å². The van der Waals surface area contributed by atoms with E-state index in [9.17, 15) is 40.9 Å². The fraction of sp³-hybridized carbons (Fsp3) is 1.00. The highest BCUT2D eigenvalue weighted by atomic mass is 16.7. The van der Waals surface area contributed by atoms with Crippen LogP contribution in [0.15, 0.2) is 0 Å². The highest BCUT2D eigenvalue weighted by molar-refractivity contribution is 4.94. The molecular weight excluding hydrogens is 612 g/mol. The van der Waals surface area contributed by atoms with E-state index in [0.717, 1.165) is 51.4 Å². The Morgan fingerprint density at radius 3 is 1.43 bits per heavy atom. The van der Waals surface area contributed by atoms with Crippen LogP contribution in [0.2, 0.25) is 0 Å². The minimum absolute atomic E-state index is 0.0857. The largest absolute Gasteiger partial charge is 0.396 e. The van der Waals surface area contributed by atoms with Crippen LogP contribution in [-0.2, 0) is 18.9 Å². The molecule has 10 atom stereocenters. The fourth-order valence-corrected chi connectivity index (χ4v) is 6.69. The van der Waals surface area contributed by atoms with Gasteiger partial charge in [0.15, 0.2) is 12.6 Å². The first kappa shape index (κ1) is 42.7. The van der Waals surface area contributed by atoms with E-state index in [0.29, 0.717) is 0 Å². The van der Waals surface area contributed by atoms with E-state index in [1.165, 1.54) is 64.2 Å². The van der Waals surface area contributed by atoms with Crippen molar-refractivity contribution in [2.24, 2.45) is 5.41 Å². The first-order chi connectivity index (χ1) is 22.7. The van der Waals surface area contributed by atoms with Gasteiger partial charge in [0.05, 0.1) is 26.4 Å². The molecule has 8 N–H and O–H groups in total. The summed E-state index contributed by atoms with van der Waals surface area (Å²) >= 11 is 0. The summed E-state index contributed by atoms with van der Waals surface area (Å²) in [6, 6.07) is 0. The van der Waals surface area contributed by atoms with Crippen molar-refractivity contribution in [3.8, 4) is 0 Å². The second-order valence-corrected chi connectivity index (χ2v) is 13.9. The second kappa shape index (κ2) is 23.8. The van der Waals surface area contributed by atoms with Crippen LogP contribution in [0.1, 0.15) is 129 Å². The van der Waals surface area contributed by atoms with Crippen molar-refractivity contribution in [3.63, 3.8) is 0 Å². The third-order valence-corrected chi connectivity index (χ3v) is 9.97. The van der Waals surface area contributed by atoms with Crippen molar-refractivity contribution in [2.45, 2.75) is 191 Å². The van der Waals surface area contributed by atoms with Gasteiger partial charge in [0.1, 0.15) is 48.8 Å². The van der Waals surface area contributed by atoms with Crippen LogP contribution in [0.4, 0.5) is 0 Å². The van der Waals surface area contributed by atoms with Gasteiger partial charge in [0.2, 0.25) is 0 Å². The van der Waals surface area contributed by atoms with Crippen molar-refractivity contribution in [1.29, 1.82) is 0 Å². The van der Waals surface area contributed by atoms with E-state index < -0.39 is 80.0 Å². The van der Waals surface area contributed by atoms with Gasteiger partial charge in [0.25, 0.3) is 0 Å². The summed E-state index contributed by atoms with van der Waals surface area (Å²) in [6.45, 7) is 3.14. The molecule has 12 heteroatoms.